The van der Waals surface area contributed by atoms with Gasteiger partial charge in [-0.2, -0.15) is 13.2 Å². The number of benzene rings is 3. The highest BCUT2D eigenvalue weighted by atomic mass is 19.4. The van der Waals surface area contributed by atoms with Gasteiger partial charge in [-0.15, -0.1) is 0 Å². The number of rotatable bonds is 13. The van der Waals surface area contributed by atoms with Gasteiger partial charge in [-0.05, 0) is 60.5 Å². The number of nitrogens with two attached hydrogens (primary N) is 1. The van der Waals surface area contributed by atoms with Crippen LogP contribution in [0, 0.1) is 6.92 Å². The lowest BCUT2D eigenvalue weighted by molar-refractivity contribution is -0.137. The van der Waals surface area contributed by atoms with Gasteiger partial charge < -0.3 is 29.6 Å². The number of aromatic nitrogens is 2. The van der Waals surface area contributed by atoms with E-state index in [4.69, 9.17) is 24.9 Å². The molecule has 0 fully saturated rings. The summed E-state index contributed by atoms with van der Waals surface area (Å²) in [7, 11) is 1.58. The van der Waals surface area contributed by atoms with Crippen LogP contribution >= 0.6 is 0 Å². The fourth-order valence-electron chi connectivity index (χ4n) is 4.54. The van der Waals surface area contributed by atoms with E-state index in [9.17, 15) is 18.3 Å². The van der Waals surface area contributed by atoms with Crippen molar-refractivity contribution in [2.45, 2.75) is 26.3 Å². The molecule has 0 aliphatic heterocycles. The molecule has 0 saturated heterocycles. The predicted octanol–water partition coefficient (Wildman–Crippen LogP) is 5.70. The summed E-state index contributed by atoms with van der Waals surface area (Å²) >= 11 is 0. The smallest absolute Gasteiger partial charge is 0.416 e. The Bertz CT molecular complexity index is 1420. The molecule has 10 heteroatoms. The van der Waals surface area contributed by atoms with Crippen LogP contribution in [0.15, 0.2) is 66.7 Å². The fourth-order valence-corrected chi connectivity index (χ4v) is 4.54. The molecular weight excluding hydrogens is 535 g/mol. The summed E-state index contributed by atoms with van der Waals surface area (Å²) in [6, 6.07) is 18.7. The van der Waals surface area contributed by atoms with Gasteiger partial charge in [0.25, 0.3) is 0 Å². The van der Waals surface area contributed by atoms with Crippen LogP contribution in [0.4, 0.5) is 13.2 Å². The summed E-state index contributed by atoms with van der Waals surface area (Å²) in [5.74, 6) is 1.05. The maximum atomic E-state index is 13.8. The highest BCUT2D eigenvalue weighted by Gasteiger charge is 2.32. The normalized spacial score (nSPS) is 11.7. The molecule has 1 aromatic heterocycles. The third-order valence-electron chi connectivity index (χ3n) is 6.50. The Morgan fingerprint density at radius 3 is 2.12 bits per heavy atom. The number of nitrogens with zero attached hydrogens (tertiary/aromatic N) is 2. The highest BCUT2D eigenvalue weighted by Crippen LogP contribution is 2.39. The number of aryl methyl sites for hydroxylation is 1. The number of halogens is 3. The molecule has 0 saturated carbocycles. The van der Waals surface area contributed by atoms with Crippen molar-refractivity contribution in [2.24, 2.45) is 5.73 Å². The first-order valence-electron chi connectivity index (χ1n) is 13.2. The van der Waals surface area contributed by atoms with Crippen LogP contribution in [0.5, 0.6) is 5.75 Å². The minimum Gasteiger partial charge on any atom is -0.497 e. The van der Waals surface area contributed by atoms with E-state index in [-0.39, 0.29) is 13.2 Å². The van der Waals surface area contributed by atoms with Crippen molar-refractivity contribution in [1.29, 1.82) is 0 Å². The fraction of sp³-hybridized carbons (Fsp3) is 0.323. The second-order valence-corrected chi connectivity index (χ2v) is 9.47. The van der Waals surface area contributed by atoms with Crippen molar-refractivity contribution in [2.75, 3.05) is 40.1 Å². The van der Waals surface area contributed by atoms with Crippen LogP contribution in [0.1, 0.15) is 16.7 Å². The SMILES string of the molecule is COc1ccc(-c2c(-c3ccc(CO)cc3)nc(-c3cc(C)cc(C(F)(F)F)c3)n2CCOCCOCCN)cc1. The monoisotopic (exact) mass is 569 g/mol. The van der Waals surface area contributed by atoms with Gasteiger partial charge in [-0.1, -0.05) is 24.3 Å². The Morgan fingerprint density at radius 2 is 1.51 bits per heavy atom. The number of ether oxygens (including phenoxy) is 3. The molecular formula is C31H34F3N3O4. The zero-order valence-corrected chi connectivity index (χ0v) is 23.1. The molecule has 4 aromatic rings. The highest BCUT2D eigenvalue weighted by molar-refractivity contribution is 5.82. The van der Waals surface area contributed by atoms with Crippen molar-refractivity contribution in [3.05, 3.63) is 83.4 Å². The van der Waals surface area contributed by atoms with Gasteiger partial charge in [-0.3, -0.25) is 0 Å². The number of aliphatic hydroxyl groups excluding tert-OH is 1. The van der Waals surface area contributed by atoms with E-state index in [0.29, 0.717) is 61.3 Å². The van der Waals surface area contributed by atoms with Crippen molar-refractivity contribution < 1.29 is 32.5 Å². The molecule has 7 nitrogen and oxygen atoms in total. The lowest BCUT2D eigenvalue weighted by Gasteiger charge is -2.16. The molecule has 0 unspecified atom stereocenters. The molecule has 0 spiro atoms. The minimum absolute atomic E-state index is 0.110. The Morgan fingerprint density at radius 1 is 0.854 bits per heavy atom. The number of alkyl halides is 3. The van der Waals surface area contributed by atoms with Crippen LogP contribution in [0.2, 0.25) is 0 Å². The average molecular weight is 570 g/mol. The van der Waals surface area contributed by atoms with E-state index in [2.05, 4.69) is 0 Å². The first-order chi connectivity index (χ1) is 19.7. The molecule has 0 radical (unpaired) electrons. The van der Waals surface area contributed by atoms with Crippen LogP contribution in [-0.4, -0.2) is 54.7 Å². The van der Waals surface area contributed by atoms with Crippen LogP contribution in [0.3, 0.4) is 0 Å². The van der Waals surface area contributed by atoms with Crippen LogP contribution in [0.25, 0.3) is 33.9 Å². The molecule has 3 N–H and O–H groups in total. The predicted molar refractivity (Wildman–Crippen MR) is 151 cm³/mol. The van der Waals surface area contributed by atoms with Gasteiger partial charge in [0.15, 0.2) is 0 Å². The topological polar surface area (TPSA) is 91.8 Å². The van der Waals surface area contributed by atoms with Crippen molar-refractivity contribution in [1.82, 2.24) is 9.55 Å². The third kappa shape index (κ3) is 7.53. The molecule has 0 bridgehead atoms. The zero-order valence-electron chi connectivity index (χ0n) is 23.1. The molecule has 0 amide bonds. The van der Waals surface area contributed by atoms with Gasteiger partial charge >= 0.3 is 6.18 Å². The van der Waals surface area contributed by atoms with E-state index in [1.54, 1.807) is 32.2 Å². The molecule has 0 atom stereocenters. The summed E-state index contributed by atoms with van der Waals surface area (Å²) in [5.41, 5.74) is 9.14. The molecule has 41 heavy (non-hydrogen) atoms. The second kappa shape index (κ2) is 13.8. The molecule has 4 rings (SSSR count). The van der Waals surface area contributed by atoms with E-state index in [1.165, 1.54) is 0 Å². The van der Waals surface area contributed by atoms with E-state index in [0.717, 1.165) is 34.5 Å². The Kier molecular flexibility index (Phi) is 10.2. The van der Waals surface area contributed by atoms with Crippen LogP contribution < -0.4 is 10.5 Å². The summed E-state index contributed by atoms with van der Waals surface area (Å²) in [5, 5.41) is 9.53. The maximum absolute atomic E-state index is 13.8. The van der Waals surface area contributed by atoms with E-state index in [1.807, 2.05) is 41.0 Å². The molecule has 0 aliphatic carbocycles. The quantitative estimate of drug-likeness (QED) is 0.201. The zero-order chi connectivity index (χ0) is 29.4. The lowest BCUT2D eigenvalue weighted by Crippen LogP contribution is -2.14. The Hall–Kier alpha value is -3.70. The van der Waals surface area contributed by atoms with Gasteiger partial charge in [0, 0.05) is 29.8 Å². The summed E-state index contributed by atoms with van der Waals surface area (Å²) < 4.78 is 59.8. The number of aliphatic hydroxyl groups is 1. The van der Waals surface area contributed by atoms with Crippen molar-refractivity contribution in [3.8, 4) is 39.7 Å². The van der Waals surface area contributed by atoms with Gasteiger partial charge in [-0.25, -0.2) is 4.98 Å². The van der Waals surface area contributed by atoms with Gasteiger partial charge in [0.2, 0.25) is 0 Å². The summed E-state index contributed by atoms with van der Waals surface area (Å²) in [6.45, 7) is 3.71. The molecule has 1 heterocycles. The molecule has 218 valence electrons. The van der Waals surface area contributed by atoms with Gasteiger partial charge in [0.1, 0.15) is 11.6 Å². The van der Waals surface area contributed by atoms with E-state index >= 15 is 0 Å². The summed E-state index contributed by atoms with van der Waals surface area (Å²) in [6.07, 6.45) is -4.51. The van der Waals surface area contributed by atoms with Crippen LogP contribution in [-0.2, 0) is 28.8 Å². The first-order valence-corrected chi connectivity index (χ1v) is 13.2. The Balaban J connectivity index is 1.87. The Labute approximate surface area is 237 Å². The second-order valence-electron chi connectivity index (χ2n) is 9.47. The number of hydrogen-bond acceptors (Lipinski definition) is 6. The van der Waals surface area contributed by atoms with Crippen molar-refractivity contribution >= 4 is 0 Å². The average Bonchev–Trinajstić information content (AvgIpc) is 3.35. The van der Waals surface area contributed by atoms with Crippen molar-refractivity contribution in [3.63, 3.8) is 0 Å². The largest absolute Gasteiger partial charge is 0.497 e. The number of hydrogen-bond donors (Lipinski definition) is 2. The first kappa shape index (κ1) is 30.3. The maximum Gasteiger partial charge on any atom is 0.416 e. The third-order valence-corrected chi connectivity index (χ3v) is 6.50. The minimum atomic E-state index is -4.51. The number of imidazole rings is 1. The molecule has 0 aliphatic rings. The van der Waals surface area contributed by atoms with Gasteiger partial charge in [0.05, 0.1) is 57.1 Å². The molecule has 3 aromatic carbocycles. The summed E-state index contributed by atoms with van der Waals surface area (Å²) in [4.78, 5) is 4.94. The standard InChI is InChI=1S/C31H34F3N3O4/c1-21-17-25(19-26(18-21)31(32,33)34)30-36-28(23-5-3-22(20-38)4-6-23)29(24-7-9-27(39-2)10-8-24)37(30)12-14-41-16-15-40-13-11-35/h3-10,17-19,38H,11-16,20,35H2,1-2H3. The lowest BCUT2D eigenvalue weighted by atomic mass is 10.0. The number of methoxy groups -OCH3 is 1. The van der Waals surface area contributed by atoms with E-state index < -0.39 is 11.7 Å².